The third kappa shape index (κ3) is 0.590. The predicted octanol–water partition coefficient (Wildman–Crippen LogP) is 1.14. The number of aromatic nitrogens is 2. The first-order valence-corrected chi connectivity index (χ1v) is 3.39. The molecule has 0 fully saturated rings. The van der Waals surface area contributed by atoms with Crippen molar-refractivity contribution in [1.82, 2.24) is 9.55 Å². The van der Waals surface area contributed by atoms with Gasteiger partial charge in [-0.15, -0.1) is 0 Å². The molecule has 2 heteroatoms. The lowest BCUT2D eigenvalue weighted by atomic mass is 10.4. The number of nitrogens with zero attached hydrogens (tertiary/aromatic N) is 2. The highest BCUT2D eigenvalue weighted by molar-refractivity contribution is 5.06. The molecule has 2 nitrogen and oxygen atoms in total. The highest BCUT2D eigenvalue weighted by atomic mass is 15.1. The minimum atomic E-state index is 1.17. The maximum Gasteiger partial charge on any atom is 0.108 e. The average molecular weight is 122 g/mol. The summed E-state index contributed by atoms with van der Waals surface area (Å²) in [7, 11) is 0. The summed E-state index contributed by atoms with van der Waals surface area (Å²) in [6.45, 7) is 3.29. The molecule has 0 bridgehead atoms. The molecule has 0 unspecified atom stereocenters. The van der Waals surface area contributed by atoms with Gasteiger partial charge in [0.25, 0.3) is 0 Å². The second kappa shape index (κ2) is 1.59. The van der Waals surface area contributed by atoms with Gasteiger partial charge in [0.2, 0.25) is 0 Å². The summed E-state index contributed by atoms with van der Waals surface area (Å²) in [6.07, 6.45) is 4.41. The fraction of sp³-hybridized carbons (Fsp3) is 0.571. The van der Waals surface area contributed by atoms with E-state index in [-0.39, 0.29) is 0 Å². The van der Waals surface area contributed by atoms with Crippen LogP contribution in [0.15, 0.2) is 6.20 Å². The second-order valence-electron chi connectivity index (χ2n) is 2.57. The van der Waals surface area contributed by atoms with Gasteiger partial charge in [0.1, 0.15) is 5.82 Å². The third-order valence-corrected chi connectivity index (χ3v) is 1.92. The van der Waals surface area contributed by atoms with Gasteiger partial charge < -0.3 is 4.57 Å². The van der Waals surface area contributed by atoms with E-state index in [4.69, 9.17) is 0 Å². The van der Waals surface area contributed by atoms with Crippen molar-refractivity contribution in [3.8, 4) is 0 Å². The fourth-order valence-electron chi connectivity index (χ4n) is 1.41. The molecule has 0 N–H and O–H groups in total. The summed E-state index contributed by atoms with van der Waals surface area (Å²) in [5, 5.41) is 0. The lowest BCUT2D eigenvalue weighted by Crippen LogP contribution is -1.93. The fourth-order valence-corrected chi connectivity index (χ4v) is 1.41. The van der Waals surface area contributed by atoms with E-state index < -0.39 is 0 Å². The van der Waals surface area contributed by atoms with E-state index >= 15 is 0 Å². The van der Waals surface area contributed by atoms with Gasteiger partial charge in [-0.3, -0.25) is 0 Å². The van der Waals surface area contributed by atoms with E-state index in [1.807, 2.05) is 6.20 Å². The normalized spacial score (nSPS) is 16.1. The van der Waals surface area contributed by atoms with Crippen LogP contribution in [0, 0.1) is 6.92 Å². The van der Waals surface area contributed by atoms with Crippen molar-refractivity contribution in [2.45, 2.75) is 26.3 Å². The van der Waals surface area contributed by atoms with Gasteiger partial charge in [0.05, 0.1) is 0 Å². The highest BCUT2D eigenvalue weighted by Crippen LogP contribution is 2.14. The molecule has 1 aromatic rings. The maximum absolute atomic E-state index is 4.26. The zero-order valence-electron chi connectivity index (χ0n) is 5.59. The molecule has 0 aromatic carbocycles. The van der Waals surface area contributed by atoms with E-state index in [9.17, 15) is 0 Å². The molecule has 0 saturated heterocycles. The Morgan fingerprint density at radius 2 is 2.56 bits per heavy atom. The zero-order chi connectivity index (χ0) is 6.27. The van der Waals surface area contributed by atoms with Crippen molar-refractivity contribution >= 4 is 0 Å². The first kappa shape index (κ1) is 5.03. The van der Waals surface area contributed by atoms with Crippen molar-refractivity contribution < 1.29 is 0 Å². The molecule has 0 amide bonds. The van der Waals surface area contributed by atoms with Crippen LogP contribution in [0.3, 0.4) is 0 Å². The second-order valence-corrected chi connectivity index (χ2v) is 2.57. The molecular weight excluding hydrogens is 112 g/mol. The quantitative estimate of drug-likeness (QED) is 0.504. The molecule has 9 heavy (non-hydrogen) atoms. The van der Waals surface area contributed by atoms with Crippen LogP contribution in [0.4, 0.5) is 0 Å². The van der Waals surface area contributed by atoms with Crippen LogP contribution in [-0.4, -0.2) is 9.55 Å². The molecule has 0 aliphatic carbocycles. The van der Waals surface area contributed by atoms with Crippen LogP contribution < -0.4 is 0 Å². The first-order chi connectivity index (χ1) is 4.38. The van der Waals surface area contributed by atoms with Crippen LogP contribution in [0.25, 0.3) is 0 Å². The number of fused-ring (bicyclic) bond motifs is 1. The summed E-state index contributed by atoms with van der Waals surface area (Å²) in [5.41, 5.74) is 1.31. The Bertz CT molecular complexity index is 225. The van der Waals surface area contributed by atoms with Gasteiger partial charge in [-0.1, -0.05) is 0 Å². The summed E-state index contributed by atoms with van der Waals surface area (Å²) in [4.78, 5) is 4.26. The molecule has 2 rings (SSSR count). The molecule has 1 aliphatic rings. The molecule has 0 saturated carbocycles. The van der Waals surface area contributed by atoms with Crippen molar-refractivity contribution in [3.63, 3.8) is 0 Å². The van der Waals surface area contributed by atoms with Crippen molar-refractivity contribution in [1.29, 1.82) is 0 Å². The van der Waals surface area contributed by atoms with Crippen LogP contribution in [0.1, 0.15) is 17.9 Å². The Hall–Kier alpha value is -0.790. The molecular formula is C7H10N2. The van der Waals surface area contributed by atoms with Gasteiger partial charge >= 0.3 is 0 Å². The SMILES string of the molecule is Cc1cnc2n1CCC2. The molecule has 1 aliphatic heterocycles. The largest absolute Gasteiger partial charge is 0.332 e. The van der Waals surface area contributed by atoms with Crippen LogP contribution in [0.2, 0.25) is 0 Å². The van der Waals surface area contributed by atoms with Crippen LogP contribution >= 0.6 is 0 Å². The summed E-state index contributed by atoms with van der Waals surface area (Å²) < 4.78 is 2.29. The molecule has 0 spiro atoms. The summed E-state index contributed by atoms with van der Waals surface area (Å²) in [5.74, 6) is 1.27. The van der Waals surface area contributed by atoms with E-state index in [0.29, 0.717) is 0 Å². The monoisotopic (exact) mass is 122 g/mol. The van der Waals surface area contributed by atoms with Gasteiger partial charge in [0, 0.05) is 24.9 Å². The van der Waals surface area contributed by atoms with Crippen molar-refractivity contribution in [2.24, 2.45) is 0 Å². The third-order valence-electron chi connectivity index (χ3n) is 1.92. The van der Waals surface area contributed by atoms with Gasteiger partial charge in [0.15, 0.2) is 0 Å². The molecule has 2 heterocycles. The molecule has 0 atom stereocenters. The van der Waals surface area contributed by atoms with E-state index in [2.05, 4.69) is 16.5 Å². The Morgan fingerprint density at radius 3 is 3.33 bits per heavy atom. The van der Waals surface area contributed by atoms with Crippen molar-refractivity contribution in [2.75, 3.05) is 0 Å². The molecule has 0 radical (unpaired) electrons. The maximum atomic E-state index is 4.26. The predicted molar refractivity (Wildman–Crippen MR) is 35.3 cm³/mol. The van der Waals surface area contributed by atoms with Crippen molar-refractivity contribution in [3.05, 3.63) is 17.7 Å². The number of imidazole rings is 1. The Kier molecular flexibility index (Phi) is 0.891. The summed E-state index contributed by atoms with van der Waals surface area (Å²) in [6, 6.07) is 0. The highest BCUT2D eigenvalue weighted by Gasteiger charge is 2.11. The minimum Gasteiger partial charge on any atom is -0.332 e. The number of rotatable bonds is 0. The van der Waals surface area contributed by atoms with Gasteiger partial charge in [-0.25, -0.2) is 4.98 Å². The Labute approximate surface area is 54.5 Å². The van der Waals surface area contributed by atoms with Gasteiger partial charge in [-0.2, -0.15) is 0 Å². The Balaban J connectivity index is 2.56. The van der Waals surface area contributed by atoms with Crippen LogP contribution in [0.5, 0.6) is 0 Å². The standard InChI is InChI=1S/C7H10N2/c1-6-5-8-7-3-2-4-9(6)7/h5H,2-4H2,1H3. The average Bonchev–Trinajstić information content (AvgIpc) is 2.35. The van der Waals surface area contributed by atoms with Gasteiger partial charge in [-0.05, 0) is 13.3 Å². The minimum absolute atomic E-state index is 1.17. The molecule has 48 valence electrons. The van der Waals surface area contributed by atoms with E-state index in [1.165, 1.54) is 30.9 Å². The van der Waals surface area contributed by atoms with E-state index in [1.54, 1.807) is 0 Å². The lowest BCUT2D eigenvalue weighted by Gasteiger charge is -1.95. The number of hydrogen-bond acceptors (Lipinski definition) is 1. The zero-order valence-corrected chi connectivity index (χ0v) is 5.59. The Morgan fingerprint density at radius 1 is 1.67 bits per heavy atom. The van der Waals surface area contributed by atoms with E-state index in [0.717, 1.165) is 0 Å². The first-order valence-electron chi connectivity index (χ1n) is 3.39. The lowest BCUT2D eigenvalue weighted by molar-refractivity contribution is 0.729. The van der Waals surface area contributed by atoms with Crippen LogP contribution in [-0.2, 0) is 13.0 Å². The topological polar surface area (TPSA) is 17.8 Å². The smallest absolute Gasteiger partial charge is 0.108 e. The number of hydrogen-bond donors (Lipinski definition) is 0. The summed E-state index contributed by atoms with van der Waals surface area (Å²) >= 11 is 0. The number of aryl methyl sites for hydroxylation is 2. The molecule has 1 aromatic heterocycles.